The van der Waals surface area contributed by atoms with E-state index in [0.717, 1.165) is 5.56 Å². The second kappa shape index (κ2) is 5.85. The molecule has 3 rings (SSSR count). The Morgan fingerprint density at radius 3 is 2.82 bits per heavy atom. The van der Waals surface area contributed by atoms with E-state index < -0.39 is 5.97 Å². The number of nitrogens with zero attached hydrogens (tertiary/aromatic N) is 3. The third-order valence-electron chi connectivity index (χ3n) is 3.21. The molecule has 0 amide bonds. The molecular formula is C16H15N3O3. The van der Waals surface area contributed by atoms with Crippen molar-refractivity contribution >= 4 is 17.1 Å². The number of benzene rings is 1. The molecule has 0 aliphatic rings. The molecule has 0 radical (unpaired) electrons. The first-order chi connectivity index (χ1) is 10.6. The monoisotopic (exact) mass is 297 g/mol. The summed E-state index contributed by atoms with van der Waals surface area (Å²) in [7, 11) is 0. The van der Waals surface area contributed by atoms with E-state index in [0.29, 0.717) is 22.7 Å². The van der Waals surface area contributed by atoms with Gasteiger partial charge in [-0.15, -0.1) is 0 Å². The van der Waals surface area contributed by atoms with Crippen LogP contribution < -0.4 is 4.74 Å². The summed E-state index contributed by atoms with van der Waals surface area (Å²) in [5.74, 6) is 0.308. The highest BCUT2D eigenvalue weighted by Crippen LogP contribution is 2.17. The highest BCUT2D eigenvalue weighted by molar-refractivity contribution is 5.75. The number of aliphatic carboxylic acids is 1. The zero-order chi connectivity index (χ0) is 15.5. The van der Waals surface area contributed by atoms with Crippen molar-refractivity contribution in [3.05, 3.63) is 54.0 Å². The van der Waals surface area contributed by atoms with Gasteiger partial charge in [-0.05, 0) is 30.7 Å². The van der Waals surface area contributed by atoms with Crippen LogP contribution in [0.15, 0.2) is 42.6 Å². The Bertz CT molecular complexity index is 812. The van der Waals surface area contributed by atoms with E-state index in [1.807, 2.05) is 43.3 Å². The minimum atomic E-state index is -0.942. The molecule has 112 valence electrons. The number of carboxylic acid groups (broad SMARTS) is 1. The Balaban J connectivity index is 1.94. The molecule has 0 saturated carbocycles. The van der Waals surface area contributed by atoms with E-state index in [9.17, 15) is 4.79 Å². The van der Waals surface area contributed by atoms with Gasteiger partial charge in [0, 0.05) is 6.20 Å². The number of para-hydroxylation sites is 1. The molecule has 0 bridgehead atoms. The normalized spacial score (nSPS) is 10.8. The van der Waals surface area contributed by atoms with Gasteiger partial charge in [0.1, 0.15) is 30.2 Å². The molecule has 0 spiro atoms. The number of fused-ring (bicyclic) bond motifs is 1. The van der Waals surface area contributed by atoms with Crippen molar-refractivity contribution in [2.45, 2.75) is 20.1 Å². The van der Waals surface area contributed by atoms with Gasteiger partial charge in [-0.1, -0.05) is 18.2 Å². The fourth-order valence-corrected chi connectivity index (χ4v) is 2.23. The molecule has 3 aromatic rings. The van der Waals surface area contributed by atoms with Crippen molar-refractivity contribution in [3.63, 3.8) is 0 Å². The zero-order valence-corrected chi connectivity index (χ0v) is 12.1. The van der Waals surface area contributed by atoms with E-state index >= 15 is 0 Å². The summed E-state index contributed by atoms with van der Waals surface area (Å²) < 4.78 is 7.24. The largest absolute Gasteiger partial charge is 0.486 e. The maximum atomic E-state index is 11.1. The second-order valence-corrected chi connectivity index (χ2v) is 4.97. The molecule has 6 nitrogen and oxygen atoms in total. The average molecular weight is 297 g/mol. The first-order valence-corrected chi connectivity index (χ1v) is 6.85. The minimum absolute atomic E-state index is 0.187. The van der Waals surface area contributed by atoms with Crippen molar-refractivity contribution in [2.75, 3.05) is 0 Å². The smallest absolute Gasteiger partial charge is 0.323 e. The van der Waals surface area contributed by atoms with E-state index in [4.69, 9.17) is 9.84 Å². The molecule has 22 heavy (non-hydrogen) atoms. The highest BCUT2D eigenvalue weighted by Gasteiger charge is 2.15. The summed E-state index contributed by atoms with van der Waals surface area (Å²) in [4.78, 5) is 19.8. The number of aromatic nitrogens is 3. The molecule has 0 atom stereocenters. The second-order valence-electron chi connectivity index (χ2n) is 4.97. The highest BCUT2D eigenvalue weighted by atomic mass is 16.5. The van der Waals surface area contributed by atoms with Gasteiger partial charge in [0.15, 0.2) is 5.65 Å². The predicted molar refractivity (Wildman–Crippen MR) is 80.7 cm³/mol. The molecule has 6 heteroatoms. The molecule has 2 aromatic heterocycles. The third kappa shape index (κ3) is 2.90. The SMILES string of the molecule is Cc1cnc2c(c1)nc(COc1ccccc1)n2CC(=O)O. The Hall–Kier alpha value is -2.89. The predicted octanol–water partition coefficient (Wildman–Crippen LogP) is 2.40. The van der Waals surface area contributed by atoms with Crippen molar-refractivity contribution in [1.29, 1.82) is 0 Å². The van der Waals surface area contributed by atoms with Crippen LogP contribution in [0.3, 0.4) is 0 Å². The molecule has 0 fully saturated rings. The fraction of sp³-hybridized carbons (Fsp3) is 0.188. The number of hydrogen-bond acceptors (Lipinski definition) is 4. The summed E-state index contributed by atoms with van der Waals surface area (Å²) in [6, 6.07) is 11.2. The number of ether oxygens (including phenoxy) is 1. The zero-order valence-electron chi connectivity index (χ0n) is 12.1. The number of imidazole rings is 1. The lowest BCUT2D eigenvalue weighted by molar-refractivity contribution is -0.137. The van der Waals surface area contributed by atoms with Crippen LogP contribution in [0.25, 0.3) is 11.2 Å². The first-order valence-electron chi connectivity index (χ1n) is 6.85. The first kappa shape index (κ1) is 14.1. The summed E-state index contributed by atoms with van der Waals surface area (Å²) in [6.45, 7) is 1.91. The van der Waals surface area contributed by atoms with Crippen molar-refractivity contribution < 1.29 is 14.6 Å². The van der Waals surface area contributed by atoms with Crippen LogP contribution in [0, 0.1) is 6.92 Å². The molecule has 0 aliphatic carbocycles. The molecule has 0 aliphatic heterocycles. The van der Waals surface area contributed by atoms with Gasteiger partial charge in [0.05, 0.1) is 0 Å². The van der Waals surface area contributed by atoms with Crippen molar-refractivity contribution in [2.24, 2.45) is 0 Å². The summed E-state index contributed by atoms with van der Waals surface area (Å²) in [6.07, 6.45) is 1.70. The van der Waals surface area contributed by atoms with Crippen LogP contribution in [-0.4, -0.2) is 25.6 Å². The fourth-order valence-electron chi connectivity index (χ4n) is 2.23. The quantitative estimate of drug-likeness (QED) is 0.782. The maximum Gasteiger partial charge on any atom is 0.323 e. The lowest BCUT2D eigenvalue weighted by Crippen LogP contribution is -2.14. The molecule has 1 N–H and O–H groups in total. The van der Waals surface area contributed by atoms with Gasteiger partial charge in [-0.3, -0.25) is 9.36 Å². The standard InChI is InChI=1S/C16H15N3O3/c1-11-7-13-16(17-8-11)19(9-15(20)21)14(18-13)10-22-12-5-3-2-4-6-12/h2-8H,9-10H2,1H3,(H,20,21). The van der Waals surface area contributed by atoms with Gasteiger partial charge in [-0.2, -0.15) is 0 Å². The van der Waals surface area contributed by atoms with E-state index in [2.05, 4.69) is 9.97 Å². The van der Waals surface area contributed by atoms with Gasteiger partial charge in [0.2, 0.25) is 0 Å². The topological polar surface area (TPSA) is 77.2 Å². The molecule has 0 saturated heterocycles. The Morgan fingerprint density at radius 2 is 2.09 bits per heavy atom. The lowest BCUT2D eigenvalue weighted by Gasteiger charge is -2.07. The van der Waals surface area contributed by atoms with E-state index in [-0.39, 0.29) is 13.2 Å². The summed E-state index contributed by atoms with van der Waals surface area (Å²) >= 11 is 0. The van der Waals surface area contributed by atoms with Gasteiger partial charge in [-0.25, -0.2) is 9.97 Å². The van der Waals surface area contributed by atoms with Crippen LogP contribution >= 0.6 is 0 Å². The maximum absolute atomic E-state index is 11.1. The molecule has 1 aromatic carbocycles. The number of hydrogen-bond donors (Lipinski definition) is 1. The van der Waals surface area contributed by atoms with Crippen LogP contribution in [0.5, 0.6) is 5.75 Å². The lowest BCUT2D eigenvalue weighted by atomic mass is 10.3. The number of rotatable bonds is 5. The Kier molecular flexibility index (Phi) is 3.74. The number of pyridine rings is 1. The van der Waals surface area contributed by atoms with Gasteiger partial charge >= 0.3 is 5.97 Å². The van der Waals surface area contributed by atoms with Gasteiger partial charge in [0.25, 0.3) is 0 Å². The Labute approximate surface area is 127 Å². The number of carboxylic acids is 1. The minimum Gasteiger partial charge on any atom is -0.486 e. The van der Waals surface area contributed by atoms with Crippen LogP contribution in [0.1, 0.15) is 11.4 Å². The molecule has 0 unspecified atom stereocenters. The van der Waals surface area contributed by atoms with Gasteiger partial charge < -0.3 is 9.84 Å². The number of carbonyl (C=O) groups is 1. The molecular weight excluding hydrogens is 282 g/mol. The summed E-state index contributed by atoms with van der Waals surface area (Å²) in [5.41, 5.74) is 2.20. The number of aryl methyl sites for hydroxylation is 1. The van der Waals surface area contributed by atoms with Crippen LogP contribution in [0.2, 0.25) is 0 Å². The third-order valence-corrected chi connectivity index (χ3v) is 3.21. The average Bonchev–Trinajstić information content (AvgIpc) is 2.82. The van der Waals surface area contributed by atoms with Crippen molar-refractivity contribution in [1.82, 2.24) is 14.5 Å². The van der Waals surface area contributed by atoms with E-state index in [1.165, 1.54) is 0 Å². The Morgan fingerprint density at radius 1 is 1.32 bits per heavy atom. The van der Waals surface area contributed by atoms with Crippen LogP contribution in [0.4, 0.5) is 0 Å². The summed E-state index contributed by atoms with van der Waals surface area (Å²) in [5, 5.41) is 9.09. The molecule has 2 heterocycles. The van der Waals surface area contributed by atoms with Crippen molar-refractivity contribution in [3.8, 4) is 5.75 Å². The van der Waals surface area contributed by atoms with Crippen LogP contribution in [-0.2, 0) is 17.9 Å². The van der Waals surface area contributed by atoms with E-state index in [1.54, 1.807) is 10.8 Å².